The summed E-state index contributed by atoms with van der Waals surface area (Å²) in [7, 11) is 1.36. The number of aromatic nitrogens is 3. The third kappa shape index (κ3) is 5.66. The van der Waals surface area contributed by atoms with Crippen molar-refractivity contribution in [2.75, 3.05) is 12.4 Å². The molecular weight excluding hydrogens is 384 g/mol. The van der Waals surface area contributed by atoms with E-state index in [-0.39, 0.29) is 5.97 Å². The van der Waals surface area contributed by atoms with Gasteiger partial charge in [-0.05, 0) is 62.7 Å². The maximum atomic E-state index is 11.8. The highest BCUT2D eigenvalue weighted by Crippen LogP contribution is 2.16. The van der Waals surface area contributed by atoms with E-state index in [1.807, 2.05) is 51.2 Å². The largest absolute Gasteiger partial charge is 0.465 e. The molecule has 0 unspecified atom stereocenters. The van der Waals surface area contributed by atoms with E-state index in [1.54, 1.807) is 28.9 Å². The zero-order chi connectivity index (χ0) is 21.7. The molecule has 8 heteroatoms. The molecule has 3 aromatic rings. The number of nitrogens with one attached hydrogen (secondary N) is 1. The Kier molecular flexibility index (Phi) is 6.15. The number of ether oxygens (including phenoxy) is 2. The Bertz CT molecular complexity index is 1020. The molecule has 0 radical (unpaired) electrons. The highest BCUT2D eigenvalue weighted by molar-refractivity contribution is 5.89. The molecule has 156 valence electrons. The monoisotopic (exact) mass is 408 g/mol. The molecular formula is C22H24N4O4. The molecule has 0 fully saturated rings. The van der Waals surface area contributed by atoms with E-state index in [4.69, 9.17) is 9.47 Å². The van der Waals surface area contributed by atoms with Crippen LogP contribution in [-0.2, 0) is 15.9 Å². The Morgan fingerprint density at radius 2 is 1.70 bits per heavy atom. The molecule has 3 rings (SSSR count). The fourth-order valence-electron chi connectivity index (χ4n) is 2.71. The number of anilines is 1. The zero-order valence-electron chi connectivity index (χ0n) is 17.4. The van der Waals surface area contributed by atoms with Gasteiger partial charge >= 0.3 is 12.1 Å². The minimum absolute atomic E-state index is 0.364. The topological polar surface area (TPSA) is 95.3 Å². The van der Waals surface area contributed by atoms with Crippen LogP contribution in [0.15, 0.2) is 54.7 Å². The highest BCUT2D eigenvalue weighted by atomic mass is 16.6. The third-order valence-corrected chi connectivity index (χ3v) is 4.08. The van der Waals surface area contributed by atoms with Crippen LogP contribution in [0.1, 0.15) is 42.4 Å². The first-order valence-corrected chi connectivity index (χ1v) is 9.42. The van der Waals surface area contributed by atoms with Crippen molar-refractivity contribution in [2.45, 2.75) is 32.8 Å². The average molecular weight is 408 g/mol. The summed E-state index contributed by atoms with van der Waals surface area (Å²) in [6.45, 7) is 5.43. The quantitative estimate of drug-likeness (QED) is 0.642. The van der Waals surface area contributed by atoms with Crippen LogP contribution in [0.4, 0.5) is 10.5 Å². The second kappa shape index (κ2) is 8.77. The SMILES string of the molecule is COC(=O)c1ccc(Cc2cn(-c3ccc(NC(=O)OC(C)(C)C)cc3)nn2)cc1. The van der Waals surface area contributed by atoms with Gasteiger partial charge in [-0.2, -0.15) is 0 Å². The summed E-state index contributed by atoms with van der Waals surface area (Å²) in [5, 5.41) is 11.1. The fourth-order valence-corrected chi connectivity index (χ4v) is 2.71. The molecule has 0 bridgehead atoms. The molecule has 8 nitrogen and oxygen atoms in total. The first kappa shape index (κ1) is 21.0. The normalized spacial score (nSPS) is 11.1. The van der Waals surface area contributed by atoms with Crippen molar-refractivity contribution in [3.05, 3.63) is 71.5 Å². The smallest absolute Gasteiger partial charge is 0.412 e. The first-order valence-electron chi connectivity index (χ1n) is 9.42. The van der Waals surface area contributed by atoms with Gasteiger partial charge in [0.05, 0.1) is 30.3 Å². The molecule has 0 aliphatic carbocycles. The Labute approximate surface area is 174 Å². The van der Waals surface area contributed by atoms with Crippen LogP contribution in [0.2, 0.25) is 0 Å². The number of rotatable bonds is 5. The van der Waals surface area contributed by atoms with Crippen molar-refractivity contribution in [1.82, 2.24) is 15.0 Å². The lowest BCUT2D eigenvalue weighted by atomic mass is 10.1. The molecule has 1 aromatic heterocycles. The van der Waals surface area contributed by atoms with E-state index in [0.717, 1.165) is 16.9 Å². The second-order valence-electron chi connectivity index (χ2n) is 7.69. The predicted octanol–water partition coefficient (Wildman–Crippen LogP) is 3.99. The van der Waals surface area contributed by atoms with Crippen LogP contribution in [-0.4, -0.2) is 39.8 Å². The highest BCUT2D eigenvalue weighted by Gasteiger charge is 2.16. The Balaban J connectivity index is 1.63. The predicted molar refractivity (Wildman–Crippen MR) is 112 cm³/mol. The zero-order valence-corrected chi connectivity index (χ0v) is 17.4. The fraction of sp³-hybridized carbons (Fsp3) is 0.273. The van der Waals surface area contributed by atoms with Crippen molar-refractivity contribution in [3.8, 4) is 5.69 Å². The number of amides is 1. The van der Waals surface area contributed by atoms with Crippen molar-refractivity contribution >= 4 is 17.7 Å². The van der Waals surface area contributed by atoms with Gasteiger partial charge in [0.1, 0.15) is 5.60 Å². The van der Waals surface area contributed by atoms with Gasteiger partial charge in [-0.1, -0.05) is 17.3 Å². The standard InChI is InChI=1S/C22H24N4O4/c1-22(2,3)30-21(28)23-17-9-11-19(12-10-17)26-14-18(24-25-26)13-15-5-7-16(8-6-15)20(27)29-4/h5-12,14H,13H2,1-4H3,(H,23,28). The molecule has 0 aliphatic heterocycles. The lowest BCUT2D eigenvalue weighted by Gasteiger charge is -2.19. The van der Waals surface area contributed by atoms with Crippen LogP contribution >= 0.6 is 0 Å². The maximum absolute atomic E-state index is 11.8. The Morgan fingerprint density at radius 3 is 2.30 bits per heavy atom. The van der Waals surface area contributed by atoms with Gasteiger partial charge in [-0.15, -0.1) is 5.10 Å². The van der Waals surface area contributed by atoms with Crippen LogP contribution in [0.3, 0.4) is 0 Å². The molecule has 0 atom stereocenters. The number of benzene rings is 2. The molecule has 0 saturated carbocycles. The number of carbonyl (C=O) groups excluding carboxylic acids is 2. The van der Waals surface area contributed by atoms with Crippen LogP contribution in [0.5, 0.6) is 0 Å². The minimum Gasteiger partial charge on any atom is -0.465 e. The summed E-state index contributed by atoms with van der Waals surface area (Å²) in [6, 6.07) is 14.4. The van der Waals surface area contributed by atoms with Crippen molar-refractivity contribution in [1.29, 1.82) is 0 Å². The second-order valence-corrected chi connectivity index (χ2v) is 7.69. The summed E-state index contributed by atoms with van der Waals surface area (Å²) in [5.41, 5.74) is 3.18. The molecule has 0 spiro atoms. The molecule has 2 aromatic carbocycles. The van der Waals surface area contributed by atoms with E-state index in [9.17, 15) is 9.59 Å². The number of esters is 1. The number of nitrogens with zero attached hydrogens (tertiary/aromatic N) is 3. The van der Waals surface area contributed by atoms with Crippen molar-refractivity contribution in [2.24, 2.45) is 0 Å². The third-order valence-electron chi connectivity index (χ3n) is 4.08. The average Bonchev–Trinajstić information content (AvgIpc) is 3.15. The van der Waals surface area contributed by atoms with Crippen molar-refractivity contribution in [3.63, 3.8) is 0 Å². The lowest BCUT2D eigenvalue weighted by Crippen LogP contribution is -2.27. The first-order chi connectivity index (χ1) is 14.2. The van der Waals surface area contributed by atoms with Crippen LogP contribution in [0, 0.1) is 0 Å². The van der Waals surface area contributed by atoms with E-state index in [2.05, 4.69) is 15.6 Å². The summed E-state index contributed by atoms with van der Waals surface area (Å²) >= 11 is 0. The maximum Gasteiger partial charge on any atom is 0.412 e. The molecule has 0 aliphatic rings. The molecule has 1 heterocycles. The van der Waals surface area contributed by atoms with Crippen molar-refractivity contribution < 1.29 is 19.1 Å². The Morgan fingerprint density at radius 1 is 1.03 bits per heavy atom. The number of hydrogen-bond donors (Lipinski definition) is 1. The summed E-state index contributed by atoms with van der Waals surface area (Å²) in [5.74, 6) is -0.364. The number of methoxy groups -OCH3 is 1. The van der Waals surface area contributed by atoms with Gasteiger partial charge < -0.3 is 9.47 Å². The van der Waals surface area contributed by atoms with Crippen LogP contribution in [0.25, 0.3) is 5.69 Å². The van der Waals surface area contributed by atoms with Gasteiger partial charge in [-0.25, -0.2) is 14.3 Å². The van der Waals surface area contributed by atoms with E-state index in [0.29, 0.717) is 17.7 Å². The molecule has 0 saturated heterocycles. The number of carbonyl (C=O) groups is 2. The van der Waals surface area contributed by atoms with Gasteiger partial charge in [0.2, 0.25) is 0 Å². The minimum atomic E-state index is -0.555. The number of hydrogen-bond acceptors (Lipinski definition) is 6. The summed E-state index contributed by atoms with van der Waals surface area (Å²) in [4.78, 5) is 23.4. The van der Waals surface area contributed by atoms with Gasteiger partial charge in [0.25, 0.3) is 0 Å². The molecule has 30 heavy (non-hydrogen) atoms. The Hall–Kier alpha value is -3.68. The lowest BCUT2D eigenvalue weighted by molar-refractivity contribution is 0.0598. The summed E-state index contributed by atoms with van der Waals surface area (Å²) < 4.78 is 11.6. The summed E-state index contributed by atoms with van der Waals surface area (Å²) in [6.07, 6.45) is 1.92. The van der Waals surface area contributed by atoms with Gasteiger partial charge in [0, 0.05) is 12.1 Å². The van der Waals surface area contributed by atoms with E-state index >= 15 is 0 Å². The van der Waals surface area contributed by atoms with Gasteiger partial charge in [-0.3, -0.25) is 5.32 Å². The molecule has 1 amide bonds. The van der Waals surface area contributed by atoms with Gasteiger partial charge in [0.15, 0.2) is 0 Å². The van der Waals surface area contributed by atoms with E-state index < -0.39 is 11.7 Å². The molecule has 1 N–H and O–H groups in total. The van der Waals surface area contributed by atoms with Crippen LogP contribution < -0.4 is 5.32 Å². The van der Waals surface area contributed by atoms with E-state index in [1.165, 1.54) is 7.11 Å².